The van der Waals surface area contributed by atoms with Gasteiger partial charge in [0.1, 0.15) is 5.82 Å². The zero-order valence-corrected chi connectivity index (χ0v) is 16.2. The van der Waals surface area contributed by atoms with Gasteiger partial charge < -0.3 is 15.5 Å². The second-order valence-electron chi connectivity index (χ2n) is 7.06. The summed E-state index contributed by atoms with van der Waals surface area (Å²) in [5, 5.41) is 0.0910. The lowest BCUT2D eigenvalue weighted by Gasteiger charge is -2.38. The van der Waals surface area contributed by atoms with Crippen molar-refractivity contribution in [1.29, 1.82) is 0 Å². The number of carbonyl (C=O) groups excluding carboxylic acids is 2. The first-order valence-corrected chi connectivity index (χ1v) is 8.28. The van der Waals surface area contributed by atoms with Gasteiger partial charge in [-0.15, -0.1) is 12.4 Å². The van der Waals surface area contributed by atoms with Gasteiger partial charge in [-0.2, -0.15) is 0 Å². The van der Waals surface area contributed by atoms with Gasteiger partial charge in [0.2, 0.25) is 5.91 Å². The van der Waals surface area contributed by atoms with Crippen molar-refractivity contribution in [3.05, 3.63) is 34.6 Å². The monoisotopic (exact) mass is 391 g/mol. The van der Waals surface area contributed by atoms with Crippen LogP contribution in [0.25, 0.3) is 0 Å². The lowest BCUT2D eigenvalue weighted by atomic mass is 9.86. The van der Waals surface area contributed by atoms with Crippen LogP contribution in [0.2, 0.25) is 5.02 Å². The van der Waals surface area contributed by atoms with E-state index in [0.717, 1.165) is 0 Å². The molecule has 1 aliphatic heterocycles. The third-order valence-electron chi connectivity index (χ3n) is 4.25. The van der Waals surface area contributed by atoms with Crippen molar-refractivity contribution in [2.24, 2.45) is 11.1 Å². The first-order chi connectivity index (χ1) is 11.1. The molecule has 1 saturated heterocycles. The van der Waals surface area contributed by atoms with E-state index in [1.54, 1.807) is 4.90 Å². The predicted octanol–water partition coefficient (Wildman–Crippen LogP) is 2.56. The van der Waals surface area contributed by atoms with E-state index < -0.39 is 17.8 Å². The second-order valence-corrected chi connectivity index (χ2v) is 7.47. The smallest absolute Gasteiger partial charge is 0.258 e. The van der Waals surface area contributed by atoms with Crippen molar-refractivity contribution in [1.82, 2.24) is 9.80 Å². The molecule has 2 amide bonds. The molecule has 0 bridgehead atoms. The van der Waals surface area contributed by atoms with Crippen LogP contribution >= 0.6 is 24.0 Å². The minimum atomic E-state index is -0.638. The molecule has 1 atom stereocenters. The fourth-order valence-corrected chi connectivity index (χ4v) is 2.80. The zero-order valence-electron chi connectivity index (χ0n) is 14.6. The minimum absolute atomic E-state index is 0. The van der Waals surface area contributed by atoms with Gasteiger partial charge >= 0.3 is 0 Å². The standard InChI is InChI=1S/C17H23ClFN3O2.ClH/c1-17(2,3)14(20)16(24)22-9-7-21(8-10-22)15(23)13-11(18)5-4-6-12(13)19;/h4-6,14H,7-10,20H2,1-3H3;1H/t14-;/m1./s1. The Bertz CT molecular complexity index is 621. The van der Waals surface area contributed by atoms with Gasteiger partial charge in [0.25, 0.3) is 5.91 Å². The maximum atomic E-state index is 13.9. The number of nitrogens with zero attached hydrogens (tertiary/aromatic N) is 2. The number of benzene rings is 1. The largest absolute Gasteiger partial charge is 0.338 e. The van der Waals surface area contributed by atoms with Crippen LogP contribution in [-0.4, -0.2) is 53.8 Å². The van der Waals surface area contributed by atoms with E-state index in [1.807, 2.05) is 20.8 Å². The molecular formula is C17H24Cl2FN3O2. The number of rotatable bonds is 2. The number of halogens is 3. The fraction of sp³-hybridized carbons (Fsp3) is 0.529. The van der Waals surface area contributed by atoms with E-state index in [-0.39, 0.29) is 34.3 Å². The number of hydrogen-bond acceptors (Lipinski definition) is 3. The molecule has 1 aliphatic rings. The number of hydrogen-bond donors (Lipinski definition) is 1. The Morgan fingerprint density at radius 2 is 1.68 bits per heavy atom. The highest BCUT2D eigenvalue weighted by atomic mass is 35.5. The van der Waals surface area contributed by atoms with Crippen LogP contribution in [0, 0.1) is 11.2 Å². The Hall–Kier alpha value is -1.37. The molecule has 0 spiro atoms. The molecule has 1 fully saturated rings. The molecule has 1 aromatic rings. The first-order valence-electron chi connectivity index (χ1n) is 7.90. The van der Waals surface area contributed by atoms with Gasteiger partial charge in [0.05, 0.1) is 16.6 Å². The summed E-state index contributed by atoms with van der Waals surface area (Å²) in [6, 6.07) is 3.56. The Morgan fingerprint density at radius 1 is 1.16 bits per heavy atom. The number of amides is 2. The molecule has 0 saturated carbocycles. The molecule has 1 aromatic carbocycles. The van der Waals surface area contributed by atoms with Crippen molar-refractivity contribution >= 4 is 35.8 Å². The maximum absolute atomic E-state index is 13.9. The maximum Gasteiger partial charge on any atom is 0.258 e. The lowest BCUT2D eigenvalue weighted by molar-refractivity contribution is -0.136. The van der Waals surface area contributed by atoms with E-state index in [1.165, 1.54) is 23.1 Å². The minimum Gasteiger partial charge on any atom is -0.338 e. The summed E-state index contributed by atoms with van der Waals surface area (Å²) in [4.78, 5) is 28.1. The molecule has 140 valence electrons. The van der Waals surface area contributed by atoms with Crippen LogP contribution in [0.3, 0.4) is 0 Å². The average Bonchev–Trinajstić information content (AvgIpc) is 2.52. The summed E-state index contributed by atoms with van der Waals surface area (Å²) in [6.07, 6.45) is 0. The van der Waals surface area contributed by atoms with Crippen molar-refractivity contribution < 1.29 is 14.0 Å². The zero-order chi connectivity index (χ0) is 18.1. The second kappa shape index (κ2) is 8.34. The summed E-state index contributed by atoms with van der Waals surface area (Å²) in [6.45, 7) is 7.14. The Labute approximate surface area is 158 Å². The van der Waals surface area contributed by atoms with Crippen LogP contribution in [0.15, 0.2) is 18.2 Å². The number of piperazine rings is 1. The van der Waals surface area contributed by atoms with Gasteiger partial charge in [-0.1, -0.05) is 38.4 Å². The van der Waals surface area contributed by atoms with Gasteiger partial charge in [-0.05, 0) is 17.5 Å². The Balaban J connectivity index is 0.00000312. The van der Waals surface area contributed by atoms with E-state index in [2.05, 4.69) is 0 Å². The molecule has 1 heterocycles. The number of carbonyl (C=O) groups is 2. The molecular weight excluding hydrogens is 368 g/mol. The third kappa shape index (κ3) is 4.84. The van der Waals surface area contributed by atoms with Crippen molar-refractivity contribution in [2.45, 2.75) is 26.8 Å². The van der Waals surface area contributed by atoms with Gasteiger partial charge in [-0.3, -0.25) is 9.59 Å². The summed E-state index contributed by atoms with van der Waals surface area (Å²) in [5.41, 5.74) is 5.56. The predicted molar refractivity (Wildman–Crippen MR) is 98.6 cm³/mol. The van der Waals surface area contributed by atoms with E-state index in [9.17, 15) is 14.0 Å². The Morgan fingerprint density at radius 3 is 2.16 bits per heavy atom. The summed E-state index contributed by atoms with van der Waals surface area (Å²) < 4.78 is 13.9. The van der Waals surface area contributed by atoms with Gasteiger partial charge in [0, 0.05) is 26.2 Å². The van der Waals surface area contributed by atoms with Gasteiger partial charge in [0.15, 0.2) is 0 Å². The van der Waals surface area contributed by atoms with Crippen molar-refractivity contribution in [3.8, 4) is 0 Å². The van der Waals surface area contributed by atoms with E-state index in [4.69, 9.17) is 17.3 Å². The molecule has 2 rings (SSSR count). The summed E-state index contributed by atoms with van der Waals surface area (Å²) in [5.74, 6) is -1.22. The molecule has 0 aromatic heterocycles. The fourth-order valence-electron chi connectivity index (χ4n) is 2.56. The molecule has 5 nitrogen and oxygen atoms in total. The molecule has 0 unspecified atom stereocenters. The molecule has 8 heteroatoms. The van der Waals surface area contributed by atoms with Crippen LogP contribution < -0.4 is 5.73 Å². The van der Waals surface area contributed by atoms with Crippen molar-refractivity contribution in [3.63, 3.8) is 0 Å². The van der Waals surface area contributed by atoms with E-state index in [0.29, 0.717) is 26.2 Å². The van der Waals surface area contributed by atoms with Crippen molar-refractivity contribution in [2.75, 3.05) is 26.2 Å². The third-order valence-corrected chi connectivity index (χ3v) is 4.57. The van der Waals surface area contributed by atoms with Crippen LogP contribution in [-0.2, 0) is 4.79 Å². The van der Waals surface area contributed by atoms with Crippen LogP contribution in [0.1, 0.15) is 31.1 Å². The van der Waals surface area contributed by atoms with Crippen LogP contribution in [0.4, 0.5) is 4.39 Å². The van der Waals surface area contributed by atoms with E-state index >= 15 is 0 Å². The number of nitrogens with two attached hydrogens (primary N) is 1. The Kier molecular flexibility index (Phi) is 7.23. The quantitative estimate of drug-likeness (QED) is 0.841. The molecule has 2 N–H and O–H groups in total. The molecule has 0 radical (unpaired) electrons. The molecule has 25 heavy (non-hydrogen) atoms. The topological polar surface area (TPSA) is 66.6 Å². The first kappa shape index (κ1) is 21.7. The average molecular weight is 392 g/mol. The highest BCUT2D eigenvalue weighted by Gasteiger charge is 2.34. The SMILES string of the molecule is CC(C)(C)[C@H](N)C(=O)N1CCN(C(=O)c2c(F)cccc2Cl)CC1.Cl. The normalized spacial score (nSPS) is 16.2. The molecule has 0 aliphatic carbocycles. The van der Waals surface area contributed by atoms with Gasteiger partial charge in [-0.25, -0.2) is 4.39 Å². The lowest BCUT2D eigenvalue weighted by Crippen LogP contribution is -2.57. The summed E-state index contributed by atoms with van der Waals surface area (Å²) in [7, 11) is 0. The summed E-state index contributed by atoms with van der Waals surface area (Å²) >= 11 is 5.95. The highest BCUT2D eigenvalue weighted by molar-refractivity contribution is 6.33. The van der Waals surface area contributed by atoms with Crippen LogP contribution in [0.5, 0.6) is 0 Å². The highest BCUT2D eigenvalue weighted by Crippen LogP contribution is 2.23.